The van der Waals surface area contributed by atoms with Crippen LogP contribution in [0.1, 0.15) is 98.8 Å². The van der Waals surface area contributed by atoms with Gasteiger partial charge < -0.3 is 0 Å². The van der Waals surface area contributed by atoms with Crippen LogP contribution in [-0.2, 0) is 9.53 Å². The molecule has 0 amide bonds. The maximum Gasteiger partial charge on any atom is 0.523 e. The molecule has 0 saturated heterocycles. The van der Waals surface area contributed by atoms with E-state index in [1.54, 1.807) is 0 Å². The zero-order valence-electron chi connectivity index (χ0n) is 21.1. The van der Waals surface area contributed by atoms with Gasteiger partial charge >= 0.3 is 6.36 Å². The minimum Gasteiger partial charge on any atom is -0.295 e. The normalized spacial score (nSPS) is 41.9. The minimum atomic E-state index is -4.68. The van der Waals surface area contributed by atoms with Crippen LogP contribution in [0.2, 0.25) is 0 Å². The summed E-state index contributed by atoms with van der Waals surface area (Å²) in [6.45, 7) is 11.5. The van der Waals surface area contributed by atoms with Crippen molar-refractivity contribution in [2.24, 2.45) is 46.3 Å². The molecular formula is C28H43F3O2. The topological polar surface area (TPSA) is 26.3 Å². The molecule has 0 heterocycles. The van der Waals surface area contributed by atoms with Gasteiger partial charge in [0.1, 0.15) is 0 Å². The molecule has 3 saturated carbocycles. The average molecular weight is 469 g/mol. The van der Waals surface area contributed by atoms with Gasteiger partial charge in [-0.2, -0.15) is 0 Å². The van der Waals surface area contributed by atoms with Gasteiger partial charge in [0.2, 0.25) is 0 Å². The van der Waals surface area contributed by atoms with Crippen LogP contribution in [0.3, 0.4) is 0 Å². The van der Waals surface area contributed by atoms with E-state index in [2.05, 4.69) is 34.6 Å². The van der Waals surface area contributed by atoms with Gasteiger partial charge in [0.25, 0.3) is 0 Å². The van der Waals surface area contributed by atoms with Crippen molar-refractivity contribution in [3.63, 3.8) is 0 Å². The predicted octanol–water partition coefficient (Wildman–Crippen LogP) is 8.11. The molecule has 188 valence electrons. The van der Waals surface area contributed by atoms with Crippen LogP contribution in [0, 0.1) is 46.3 Å². The number of hydrogen-bond acceptors (Lipinski definition) is 2. The molecule has 5 heteroatoms. The summed E-state index contributed by atoms with van der Waals surface area (Å²) >= 11 is 0. The Bertz CT molecular complexity index is 772. The van der Waals surface area contributed by atoms with E-state index >= 15 is 0 Å². The summed E-state index contributed by atoms with van der Waals surface area (Å²) in [5.74, 6) is 3.09. The Morgan fingerprint density at radius 2 is 1.79 bits per heavy atom. The molecule has 0 aliphatic heterocycles. The first-order valence-corrected chi connectivity index (χ1v) is 13.3. The fourth-order valence-electron chi connectivity index (χ4n) is 8.88. The molecule has 0 aromatic heterocycles. The van der Waals surface area contributed by atoms with E-state index in [4.69, 9.17) is 4.74 Å². The van der Waals surface area contributed by atoms with E-state index in [1.165, 1.54) is 38.2 Å². The van der Waals surface area contributed by atoms with Gasteiger partial charge in [0.05, 0.1) is 6.10 Å². The predicted molar refractivity (Wildman–Crippen MR) is 124 cm³/mol. The van der Waals surface area contributed by atoms with Gasteiger partial charge in [-0.15, -0.1) is 13.2 Å². The molecule has 4 rings (SSSR count). The maximum atomic E-state index is 13.4. The first kappa shape index (κ1) is 25.3. The summed E-state index contributed by atoms with van der Waals surface area (Å²) in [7, 11) is 0. The van der Waals surface area contributed by atoms with Crippen molar-refractivity contribution in [3.05, 3.63) is 11.6 Å². The van der Waals surface area contributed by atoms with Crippen LogP contribution < -0.4 is 0 Å². The lowest BCUT2D eigenvalue weighted by Gasteiger charge is -2.60. The number of fused-ring (bicyclic) bond motifs is 5. The average Bonchev–Trinajstić information content (AvgIpc) is 3.05. The van der Waals surface area contributed by atoms with Crippen molar-refractivity contribution in [1.82, 2.24) is 0 Å². The van der Waals surface area contributed by atoms with Crippen LogP contribution in [0.5, 0.6) is 0 Å². The summed E-state index contributed by atoms with van der Waals surface area (Å²) < 4.78 is 44.9. The van der Waals surface area contributed by atoms with Gasteiger partial charge in [-0.3, -0.25) is 9.53 Å². The second-order valence-electron chi connectivity index (χ2n) is 12.7. The highest BCUT2D eigenvalue weighted by atomic mass is 19.4. The SMILES string of the molecule is CC(C)CCC[C@@H](C)[C@H]1CC[C@H]2[C@@H]3C[C@@H](OC(F)(F)F)C4=CC(=O)CC[C@]4(C)[C@H]3CC[C@]12C. The second-order valence-corrected chi connectivity index (χ2v) is 12.7. The Morgan fingerprint density at radius 1 is 1.06 bits per heavy atom. The zero-order chi connectivity index (χ0) is 24.2. The van der Waals surface area contributed by atoms with E-state index < -0.39 is 12.5 Å². The first-order chi connectivity index (χ1) is 15.3. The van der Waals surface area contributed by atoms with Crippen LogP contribution in [0.25, 0.3) is 0 Å². The summed E-state index contributed by atoms with van der Waals surface area (Å²) in [5, 5.41) is 0. The molecule has 0 N–H and O–H groups in total. The highest BCUT2D eigenvalue weighted by Gasteiger charge is 2.62. The minimum absolute atomic E-state index is 0.0477. The summed E-state index contributed by atoms with van der Waals surface area (Å²) in [6, 6.07) is 0. The Balaban J connectivity index is 1.59. The molecule has 0 aromatic carbocycles. The largest absolute Gasteiger partial charge is 0.523 e. The Morgan fingerprint density at radius 3 is 2.45 bits per heavy atom. The number of carbonyl (C=O) groups excluding carboxylic acids is 1. The molecule has 0 unspecified atom stereocenters. The molecule has 2 nitrogen and oxygen atoms in total. The maximum absolute atomic E-state index is 13.4. The zero-order valence-corrected chi connectivity index (χ0v) is 21.1. The van der Waals surface area contributed by atoms with Crippen LogP contribution >= 0.6 is 0 Å². The van der Waals surface area contributed by atoms with E-state index in [0.29, 0.717) is 48.5 Å². The van der Waals surface area contributed by atoms with Crippen molar-refractivity contribution < 1.29 is 22.7 Å². The highest BCUT2D eigenvalue weighted by molar-refractivity contribution is 5.91. The van der Waals surface area contributed by atoms with Crippen molar-refractivity contribution in [3.8, 4) is 0 Å². The fourth-order valence-corrected chi connectivity index (χ4v) is 8.88. The summed E-state index contributed by atoms with van der Waals surface area (Å²) in [4.78, 5) is 12.2. The van der Waals surface area contributed by atoms with E-state index in [9.17, 15) is 18.0 Å². The van der Waals surface area contributed by atoms with Crippen LogP contribution in [0.15, 0.2) is 11.6 Å². The van der Waals surface area contributed by atoms with Crippen molar-refractivity contribution in [1.29, 1.82) is 0 Å². The van der Waals surface area contributed by atoms with Gasteiger partial charge in [-0.25, -0.2) is 0 Å². The Hall–Kier alpha value is -0.840. The number of ether oxygens (including phenoxy) is 1. The van der Waals surface area contributed by atoms with Gasteiger partial charge in [0.15, 0.2) is 5.78 Å². The summed E-state index contributed by atoms with van der Waals surface area (Å²) in [5.41, 5.74) is 0.482. The third-order valence-corrected chi connectivity index (χ3v) is 10.4. The third-order valence-electron chi connectivity index (χ3n) is 10.4. The molecule has 3 fully saturated rings. The summed E-state index contributed by atoms with van der Waals surface area (Å²) in [6.07, 6.45) is 5.69. The second kappa shape index (κ2) is 8.99. The Kier molecular flexibility index (Phi) is 6.88. The van der Waals surface area contributed by atoms with E-state index in [-0.39, 0.29) is 22.5 Å². The number of ketones is 1. The van der Waals surface area contributed by atoms with Gasteiger partial charge in [0, 0.05) is 6.42 Å². The van der Waals surface area contributed by atoms with E-state index in [0.717, 1.165) is 18.8 Å². The van der Waals surface area contributed by atoms with Crippen molar-refractivity contribution in [2.45, 2.75) is 111 Å². The lowest BCUT2D eigenvalue weighted by atomic mass is 9.46. The molecule has 8 atom stereocenters. The number of halogens is 3. The number of hydrogen-bond donors (Lipinski definition) is 0. The van der Waals surface area contributed by atoms with Crippen LogP contribution in [0.4, 0.5) is 13.2 Å². The number of rotatable bonds is 6. The molecule has 4 aliphatic carbocycles. The molecule has 0 aromatic rings. The van der Waals surface area contributed by atoms with Crippen molar-refractivity contribution in [2.75, 3.05) is 0 Å². The fraction of sp³-hybridized carbons (Fsp3) is 0.893. The molecule has 33 heavy (non-hydrogen) atoms. The molecule has 4 aliphatic rings. The molecule has 0 radical (unpaired) electrons. The van der Waals surface area contributed by atoms with Crippen molar-refractivity contribution >= 4 is 5.78 Å². The first-order valence-electron chi connectivity index (χ1n) is 13.3. The quantitative estimate of drug-likeness (QED) is 0.393. The monoisotopic (exact) mass is 468 g/mol. The standard InChI is InChI=1S/C28H43F3O2/c1-17(2)7-6-8-18(3)21-9-10-22-20-16-25(33-28(29,30)31)24-15-19(32)11-13-27(24,5)23(20)12-14-26(21,22)4/h15,17-18,20-23,25H,6-14,16H2,1-5H3/t18-,20+,21-,22+,23+,25-,26-,27-/m1/s1. The Labute approximate surface area is 198 Å². The van der Waals surface area contributed by atoms with Gasteiger partial charge in [-0.1, -0.05) is 53.9 Å². The lowest BCUT2D eigenvalue weighted by Crippen LogP contribution is -2.55. The molecule has 0 spiro atoms. The van der Waals surface area contributed by atoms with Gasteiger partial charge in [-0.05, 0) is 96.5 Å². The third kappa shape index (κ3) is 4.69. The number of alkyl halides is 3. The lowest BCUT2D eigenvalue weighted by molar-refractivity contribution is -0.344. The smallest absolute Gasteiger partial charge is 0.295 e. The molecular weight excluding hydrogens is 425 g/mol. The van der Waals surface area contributed by atoms with Crippen LogP contribution in [-0.4, -0.2) is 18.2 Å². The highest BCUT2D eigenvalue weighted by Crippen LogP contribution is 2.68. The number of carbonyl (C=O) groups is 1. The molecule has 0 bridgehead atoms. The van der Waals surface area contributed by atoms with E-state index in [1.807, 2.05) is 0 Å².